The summed E-state index contributed by atoms with van der Waals surface area (Å²) in [6.07, 6.45) is -4.47. The van der Waals surface area contributed by atoms with Crippen LogP contribution in [0.4, 0.5) is 24.0 Å². The minimum atomic E-state index is -4.47. The molecule has 0 saturated carbocycles. The predicted octanol–water partition coefficient (Wildman–Crippen LogP) is 2.63. The first-order valence-electron chi connectivity index (χ1n) is 5.58. The van der Waals surface area contributed by atoms with Crippen LogP contribution in [0.1, 0.15) is 5.01 Å². The van der Waals surface area contributed by atoms with Gasteiger partial charge in [0.1, 0.15) is 12.4 Å². The molecule has 9 heteroatoms. The molecule has 0 radical (unpaired) electrons. The maximum Gasteiger partial charge on any atom is 0.445 e. The molecule has 1 aromatic heterocycles. The number of rotatable bonds is 5. The number of nitrogen functional groups attached to an aromatic ring is 1. The highest BCUT2D eigenvalue weighted by Crippen LogP contribution is 2.32. The van der Waals surface area contributed by atoms with Crippen LogP contribution in [0.5, 0.6) is 5.75 Å². The van der Waals surface area contributed by atoms with Crippen molar-refractivity contribution in [2.75, 3.05) is 24.2 Å². The zero-order chi connectivity index (χ0) is 14.6. The van der Waals surface area contributed by atoms with Crippen LogP contribution in [0.2, 0.25) is 0 Å². The monoisotopic (exact) mass is 304 g/mol. The van der Waals surface area contributed by atoms with Gasteiger partial charge in [-0.1, -0.05) is 23.5 Å². The van der Waals surface area contributed by atoms with Gasteiger partial charge in [0, 0.05) is 0 Å². The molecule has 3 N–H and O–H groups in total. The van der Waals surface area contributed by atoms with E-state index >= 15 is 0 Å². The summed E-state index contributed by atoms with van der Waals surface area (Å²) >= 11 is 0.451. The second-order valence-electron chi connectivity index (χ2n) is 3.72. The Balaban J connectivity index is 1.79. The van der Waals surface area contributed by atoms with Gasteiger partial charge in [0.05, 0.1) is 12.2 Å². The number of alkyl halides is 3. The third-order valence-electron chi connectivity index (χ3n) is 2.22. The SMILES string of the molecule is Nc1ccccc1OCCNc1nnc(C(F)(F)F)s1. The number of halogens is 3. The Labute approximate surface area is 116 Å². The molecule has 0 aliphatic carbocycles. The summed E-state index contributed by atoms with van der Waals surface area (Å²) in [4.78, 5) is 0. The zero-order valence-corrected chi connectivity index (χ0v) is 11.0. The van der Waals surface area contributed by atoms with Gasteiger partial charge >= 0.3 is 6.18 Å². The van der Waals surface area contributed by atoms with E-state index in [4.69, 9.17) is 10.5 Å². The predicted molar refractivity (Wildman–Crippen MR) is 69.8 cm³/mol. The molecule has 2 aromatic rings. The molecule has 0 bridgehead atoms. The van der Waals surface area contributed by atoms with E-state index in [1.807, 2.05) is 0 Å². The molecule has 108 valence electrons. The first-order chi connectivity index (χ1) is 9.47. The van der Waals surface area contributed by atoms with Gasteiger partial charge in [0.25, 0.3) is 0 Å². The lowest BCUT2D eigenvalue weighted by atomic mass is 10.3. The summed E-state index contributed by atoms with van der Waals surface area (Å²) in [5.74, 6) is 0.530. The number of anilines is 2. The molecular formula is C11H11F3N4OS. The number of nitrogens with zero attached hydrogens (tertiary/aromatic N) is 2. The van der Waals surface area contributed by atoms with E-state index in [0.29, 0.717) is 29.3 Å². The van der Waals surface area contributed by atoms with Crippen molar-refractivity contribution in [3.8, 4) is 5.75 Å². The quantitative estimate of drug-likeness (QED) is 0.656. The highest BCUT2D eigenvalue weighted by Gasteiger charge is 2.35. The third kappa shape index (κ3) is 3.73. The summed E-state index contributed by atoms with van der Waals surface area (Å²) in [6, 6.07) is 6.96. The molecule has 20 heavy (non-hydrogen) atoms. The number of hydrogen-bond acceptors (Lipinski definition) is 6. The van der Waals surface area contributed by atoms with Crippen molar-refractivity contribution in [2.45, 2.75) is 6.18 Å². The van der Waals surface area contributed by atoms with E-state index in [1.54, 1.807) is 24.3 Å². The maximum atomic E-state index is 12.3. The van der Waals surface area contributed by atoms with Gasteiger partial charge in [-0.25, -0.2) is 0 Å². The van der Waals surface area contributed by atoms with E-state index in [9.17, 15) is 13.2 Å². The lowest BCUT2D eigenvalue weighted by Crippen LogP contribution is -2.12. The lowest BCUT2D eigenvalue weighted by Gasteiger charge is -2.08. The fraction of sp³-hybridized carbons (Fsp3) is 0.273. The number of nitrogens with two attached hydrogens (primary N) is 1. The molecule has 0 aliphatic heterocycles. The van der Waals surface area contributed by atoms with E-state index in [1.165, 1.54) is 0 Å². The highest BCUT2D eigenvalue weighted by molar-refractivity contribution is 7.15. The van der Waals surface area contributed by atoms with Crippen LogP contribution < -0.4 is 15.8 Å². The van der Waals surface area contributed by atoms with Crippen molar-refractivity contribution in [2.24, 2.45) is 0 Å². The van der Waals surface area contributed by atoms with Crippen molar-refractivity contribution in [3.63, 3.8) is 0 Å². The van der Waals surface area contributed by atoms with Crippen LogP contribution in [0.15, 0.2) is 24.3 Å². The Morgan fingerprint density at radius 3 is 2.65 bits per heavy atom. The average Bonchev–Trinajstić information content (AvgIpc) is 2.85. The van der Waals surface area contributed by atoms with Gasteiger partial charge in [-0.05, 0) is 12.1 Å². The van der Waals surface area contributed by atoms with E-state index in [0.717, 1.165) is 0 Å². The fourth-order valence-corrected chi connectivity index (χ4v) is 1.98. The van der Waals surface area contributed by atoms with Crippen molar-refractivity contribution in [1.29, 1.82) is 0 Å². The van der Waals surface area contributed by atoms with Crippen molar-refractivity contribution >= 4 is 22.2 Å². The molecular weight excluding hydrogens is 293 g/mol. The van der Waals surface area contributed by atoms with Crippen LogP contribution >= 0.6 is 11.3 Å². The summed E-state index contributed by atoms with van der Waals surface area (Å²) < 4.78 is 42.3. The Morgan fingerprint density at radius 1 is 1.25 bits per heavy atom. The molecule has 5 nitrogen and oxygen atoms in total. The van der Waals surface area contributed by atoms with Crippen LogP contribution in [0.25, 0.3) is 0 Å². The molecule has 2 rings (SSSR count). The molecule has 0 fully saturated rings. The molecule has 0 aliphatic rings. The minimum Gasteiger partial charge on any atom is -0.490 e. The standard InChI is InChI=1S/C11H11F3N4OS/c12-11(13,14)9-17-18-10(20-9)16-5-6-19-8-4-2-1-3-7(8)15/h1-4H,5-6,15H2,(H,16,18). The Bertz CT molecular complexity index is 573. The largest absolute Gasteiger partial charge is 0.490 e. The van der Waals surface area contributed by atoms with Gasteiger partial charge in [-0.2, -0.15) is 13.2 Å². The minimum absolute atomic E-state index is 0.0990. The van der Waals surface area contributed by atoms with Crippen LogP contribution in [-0.2, 0) is 6.18 Å². The summed E-state index contributed by atoms with van der Waals surface area (Å²) in [6.45, 7) is 0.538. The smallest absolute Gasteiger partial charge is 0.445 e. The van der Waals surface area contributed by atoms with Gasteiger partial charge in [0.2, 0.25) is 10.1 Å². The fourth-order valence-electron chi connectivity index (χ4n) is 1.34. The van der Waals surface area contributed by atoms with E-state index in [2.05, 4.69) is 15.5 Å². The topological polar surface area (TPSA) is 73.1 Å². The lowest BCUT2D eigenvalue weighted by molar-refractivity contribution is -0.138. The van der Waals surface area contributed by atoms with Gasteiger partial charge < -0.3 is 15.8 Å². The number of benzene rings is 1. The van der Waals surface area contributed by atoms with Gasteiger partial charge in [-0.3, -0.25) is 0 Å². The van der Waals surface area contributed by atoms with E-state index in [-0.39, 0.29) is 11.7 Å². The van der Waals surface area contributed by atoms with Crippen molar-refractivity contribution in [1.82, 2.24) is 10.2 Å². The van der Waals surface area contributed by atoms with Crippen LogP contribution in [-0.4, -0.2) is 23.3 Å². The molecule has 1 heterocycles. The zero-order valence-electron chi connectivity index (χ0n) is 10.1. The van der Waals surface area contributed by atoms with E-state index < -0.39 is 11.2 Å². The average molecular weight is 304 g/mol. The molecule has 1 aromatic carbocycles. The van der Waals surface area contributed by atoms with Gasteiger partial charge in [-0.15, -0.1) is 10.2 Å². The Kier molecular flexibility index (Phi) is 4.28. The molecule has 0 spiro atoms. The number of aromatic nitrogens is 2. The number of nitrogens with one attached hydrogen (secondary N) is 1. The highest BCUT2D eigenvalue weighted by atomic mass is 32.1. The summed E-state index contributed by atoms with van der Waals surface area (Å²) in [5.41, 5.74) is 6.18. The Hall–Kier alpha value is -2.03. The van der Waals surface area contributed by atoms with Crippen molar-refractivity contribution in [3.05, 3.63) is 29.3 Å². The molecule has 0 saturated heterocycles. The van der Waals surface area contributed by atoms with Gasteiger partial charge in [0.15, 0.2) is 0 Å². The summed E-state index contributed by atoms with van der Waals surface area (Å²) in [5, 5.41) is 8.29. The first-order valence-corrected chi connectivity index (χ1v) is 6.40. The maximum absolute atomic E-state index is 12.3. The first kappa shape index (κ1) is 14.4. The number of hydrogen-bond donors (Lipinski definition) is 2. The second kappa shape index (κ2) is 5.95. The van der Waals surface area contributed by atoms with Crippen LogP contribution in [0.3, 0.4) is 0 Å². The normalized spacial score (nSPS) is 11.3. The Morgan fingerprint density at radius 2 is 2.00 bits per heavy atom. The second-order valence-corrected chi connectivity index (χ2v) is 4.70. The number of para-hydroxylation sites is 2. The number of ether oxygens (including phenoxy) is 1. The third-order valence-corrected chi connectivity index (χ3v) is 3.15. The van der Waals surface area contributed by atoms with Crippen LogP contribution in [0, 0.1) is 0 Å². The summed E-state index contributed by atoms with van der Waals surface area (Å²) in [7, 11) is 0. The molecule has 0 amide bonds. The van der Waals surface area contributed by atoms with Crippen molar-refractivity contribution < 1.29 is 17.9 Å². The molecule has 0 atom stereocenters. The molecule has 0 unspecified atom stereocenters.